The Morgan fingerprint density at radius 2 is 2.07 bits per heavy atom. The first-order chi connectivity index (χ1) is 6.83. The zero-order chi connectivity index (χ0) is 10.2. The Balaban J connectivity index is 2.13. The van der Waals surface area contributed by atoms with Crippen LogP contribution in [-0.2, 0) is 4.79 Å². The van der Waals surface area contributed by atoms with Gasteiger partial charge in [0.2, 0.25) is 5.91 Å². The summed E-state index contributed by atoms with van der Waals surface area (Å²) in [6, 6.07) is 10.2. The third-order valence-corrected chi connectivity index (χ3v) is 3.08. The van der Waals surface area contributed by atoms with Crippen molar-refractivity contribution in [2.24, 2.45) is 0 Å². The van der Waals surface area contributed by atoms with Crippen molar-refractivity contribution < 1.29 is 4.79 Å². The summed E-state index contributed by atoms with van der Waals surface area (Å²) in [7, 11) is 0. The fourth-order valence-corrected chi connectivity index (χ4v) is 1.91. The standard InChI is InChI=1S/C10H12BrNOS/c11-8-10(13)12-6-7-14-9-4-2-1-3-5-9/h1-5H,6-8H2,(H,12,13). The van der Waals surface area contributed by atoms with Gasteiger partial charge in [0.15, 0.2) is 0 Å². The molecule has 0 saturated heterocycles. The lowest BCUT2D eigenvalue weighted by molar-refractivity contribution is -0.118. The number of rotatable bonds is 5. The molecule has 0 bridgehead atoms. The predicted molar refractivity (Wildman–Crippen MR) is 64.0 cm³/mol. The number of hydrogen-bond acceptors (Lipinski definition) is 2. The molecule has 0 unspecified atom stereocenters. The molecule has 0 aliphatic carbocycles. The zero-order valence-corrected chi connectivity index (χ0v) is 10.1. The Morgan fingerprint density at radius 1 is 1.36 bits per heavy atom. The normalized spacial score (nSPS) is 9.79. The van der Waals surface area contributed by atoms with Gasteiger partial charge in [0.25, 0.3) is 0 Å². The van der Waals surface area contributed by atoms with E-state index in [2.05, 4.69) is 33.4 Å². The van der Waals surface area contributed by atoms with Gasteiger partial charge in [0, 0.05) is 17.2 Å². The van der Waals surface area contributed by atoms with Crippen molar-refractivity contribution in [3.63, 3.8) is 0 Å². The number of hydrogen-bond donors (Lipinski definition) is 1. The second kappa shape index (κ2) is 6.90. The molecule has 0 heterocycles. The maximum atomic E-state index is 10.9. The minimum Gasteiger partial charge on any atom is -0.355 e. The molecule has 0 aromatic heterocycles. The lowest BCUT2D eigenvalue weighted by Gasteiger charge is -2.02. The predicted octanol–water partition coefficient (Wildman–Crippen LogP) is 2.29. The van der Waals surface area contributed by atoms with E-state index in [1.807, 2.05) is 18.2 Å². The van der Waals surface area contributed by atoms with Gasteiger partial charge in [-0.05, 0) is 12.1 Å². The van der Waals surface area contributed by atoms with Crippen LogP contribution in [0.4, 0.5) is 0 Å². The van der Waals surface area contributed by atoms with Crippen molar-refractivity contribution in [1.29, 1.82) is 0 Å². The summed E-state index contributed by atoms with van der Waals surface area (Å²) >= 11 is 4.84. The van der Waals surface area contributed by atoms with Gasteiger partial charge in [0.05, 0.1) is 5.33 Å². The molecule has 0 radical (unpaired) electrons. The highest BCUT2D eigenvalue weighted by molar-refractivity contribution is 9.09. The molecule has 1 N–H and O–H groups in total. The van der Waals surface area contributed by atoms with Crippen molar-refractivity contribution in [2.75, 3.05) is 17.6 Å². The minimum atomic E-state index is 0.0404. The highest BCUT2D eigenvalue weighted by Crippen LogP contribution is 2.15. The molecule has 0 aliphatic heterocycles. The van der Waals surface area contributed by atoms with Gasteiger partial charge in [-0.2, -0.15) is 0 Å². The van der Waals surface area contributed by atoms with Gasteiger partial charge in [-0.1, -0.05) is 34.1 Å². The van der Waals surface area contributed by atoms with Crippen LogP contribution in [0, 0.1) is 0 Å². The van der Waals surface area contributed by atoms with Crippen LogP contribution in [0.15, 0.2) is 35.2 Å². The summed E-state index contributed by atoms with van der Waals surface area (Å²) in [6.45, 7) is 0.712. The number of amides is 1. The highest BCUT2D eigenvalue weighted by atomic mass is 79.9. The zero-order valence-electron chi connectivity index (χ0n) is 7.70. The first kappa shape index (κ1) is 11.6. The molecular formula is C10H12BrNOS. The van der Waals surface area contributed by atoms with Crippen molar-refractivity contribution >= 4 is 33.6 Å². The Labute approximate surface area is 96.6 Å². The summed E-state index contributed by atoms with van der Waals surface area (Å²) in [4.78, 5) is 12.1. The van der Waals surface area contributed by atoms with Crippen molar-refractivity contribution in [3.05, 3.63) is 30.3 Å². The molecule has 4 heteroatoms. The molecule has 2 nitrogen and oxygen atoms in total. The van der Waals surface area contributed by atoms with Crippen LogP contribution < -0.4 is 5.32 Å². The van der Waals surface area contributed by atoms with E-state index in [0.717, 1.165) is 5.75 Å². The molecule has 14 heavy (non-hydrogen) atoms. The molecule has 76 valence electrons. The molecule has 1 rings (SSSR count). The van der Waals surface area contributed by atoms with E-state index < -0.39 is 0 Å². The average molecular weight is 274 g/mol. The second-order valence-corrected chi connectivity index (χ2v) is 4.37. The van der Waals surface area contributed by atoms with Crippen molar-refractivity contribution in [3.8, 4) is 0 Å². The van der Waals surface area contributed by atoms with Crippen molar-refractivity contribution in [2.45, 2.75) is 4.90 Å². The van der Waals surface area contributed by atoms with Crippen LogP contribution in [0.1, 0.15) is 0 Å². The van der Waals surface area contributed by atoms with Crippen LogP contribution in [0.3, 0.4) is 0 Å². The molecule has 0 atom stereocenters. The van der Waals surface area contributed by atoms with Crippen LogP contribution in [0.25, 0.3) is 0 Å². The molecule has 0 spiro atoms. The van der Waals surface area contributed by atoms with Crippen LogP contribution in [0.5, 0.6) is 0 Å². The Hall–Kier alpha value is -0.480. The Kier molecular flexibility index (Phi) is 5.71. The molecule has 0 saturated carbocycles. The summed E-state index contributed by atoms with van der Waals surface area (Å²) in [6.07, 6.45) is 0. The van der Waals surface area contributed by atoms with Gasteiger partial charge < -0.3 is 5.32 Å². The second-order valence-electron chi connectivity index (χ2n) is 2.65. The first-order valence-electron chi connectivity index (χ1n) is 4.33. The average Bonchev–Trinajstić information content (AvgIpc) is 2.25. The fraction of sp³-hybridized carbons (Fsp3) is 0.300. The quantitative estimate of drug-likeness (QED) is 0.507. The van der Waals surface area contributed by atoms with Gasteiger partial charge in [-0.3, -0.25) is 4.79 Å². The summed E-state index contributed by atoms with van der Waals surface area (Å²) < 4.78 is 0. The maximum Gasteiger partial charge on any atom is 0.230 e. The number of carbonyl (C=O) groups is 1. The number of benzene rings is 1. The van der Waals surface area contributed by atoms with Crippen LogP contribution in [-0.4, -0.2) is 23.5 Å². The summed E-state index contributed by atoms with van der Waals surface area (Å²) in [5, 5.41) is 3.17. The number of nitrogens with one attached hydrogen (secondary N) is 1. The minimum absolute atomic E-state index is 0.0404. The van der Waals surface area contributed by atoms with E-state index in [1.165, 1.54) is 4.90 Å². The molecule has 1 amide bonds. The monoisotopic (exact) mass is 273 g/mol. The highest BCUT2D eigenvalue weighted by Gasteiger charge is 1.96. The third-order valence-electron chi connectivity index (χ3n) is 1.56. The summed E-state index contributed by atoms with van der Waals surface area (Å²) in [5.41, 5.74) is 0. The van der Waals surface area contributed by atoms with E-state index in [4.69, 9.17) is 0 Å². The largest absolute Gasteiger partial charge is 0.355 e. The Bertz CT molecular complexity index is 279. The molecule has 1 aromatic carbocycles. The lowest BCUT2D eigenvalue weighted by atomic mass is 10.4. The van der Waals surface area contributed by atoms with Crippen molar-refractivity contribution in [1.82, 2.24) is 5.32 Å². The smallest absolute Gasteiger partial charge is 0.230 e. The van der Waals surface area contributed by atoms with E-state index in [9.17, 15) is 4.79 Å². The van der Waals surface area contributed by atoms with E-state index in [1.54, 1.807) is 11.8 Å². The molecular weight excluding hydrogens is 262 g/mol. The maximum absolute atomic E-state index is 10.9. The summed E-state index contributed by atoms with van der Waals surface area (Å²) in [5.74, 6) is 0.946. The van der Waals surface area contributed by atoms with E-state index >= 15 is 0 Å². The van der Waals surface area contributed by atoms with Gasteiger partial charge in [-0.15, -0.1) is 11.8 Å². The van der Waals surface area contributed by atoms with E-state index in [0.29, 0.717) is 11.9 Å². The SMILES string of the molecule is O=C(CBr)NCCSc1ccccc1. The van der Waals surface area contributed by atoms with Gasteiger partial charge in [-0.25, -0.2) is 0 Å². The Morgan fingerprint density at radius 3 is 2.71 bits per heavy atom. The fourth-order valence-electron chi connectivity index (χ4n) is 0.923. The van der Waals surface area contributed by atoms with Crippen LogP contribution in [0.2, 0.25) is 0 Å². The number of thioether (sulfide) groups is 1. The van der Waals surface area contributed by atoms with E-state index in [-0.39, 0.29) is 5.91 Å². The number of halogens is 1. The third kappa shape index (κ3) is 4.67. The van der Waals surface area contributed by atoms with Gasteiger partial charge >= 0.3 is 0 Å². The van der Waals surface area contributed by atoms with Crippen LogP contribution >= 0.6 is 27.7 Å². The number of carbonyl (C=O) groups excluding carboxylic acids is 1. The molecule has 0 fully saturated rings. The molecule has 0 aliphatic rings. The molecule has 1 aromatic rings. The lowest BCUT2D eigenvalue weighted by Crippen LogP contribution is -2.26. The van der Waals surface area contributed by atoms with Gasteiger partial charge in [0.1, 0.15) is 0 Å². The first-order valence-corrected chi connectivity index (χ1v) is 6.44. The topological polar surface area (TPSA) is 29.1 Å². The number of alkyl halides is 1.